The molecule has 0 radical (unpaired) electrons. The monoisotopic (exact) mass is 238 g/mol. The van der Waals surface area contributed by atoms with E-state index in [1.807, 2.05) is 0 Å². The SMILES string of the molecule is CCCN(C1CCCC(C)CC1)C1CCNC1. The van der Waals surface area contributed by atoms with E-state index in [1.54, 1.807) is 0 Å². The van der Waals surface area contributed by atoms with Gasteiger partial charge in [-0.1, -0.05) is 26.7 Å². The zero-order valence-corrected chi connectivity index (χ0v) is 11.8. The van der Waals surface area contributed by atoms with Gasteiger partial charge in [0.05, 0.1) is 0 Å². The molecule has 2 nitrogen and oxygen atoms in total. The summed E-state index contributed by atoms with van der Waals surface area (Å²) in [6.45, 7) is 8.53. The van der Waals surface area contributed by atoms with Crippen LogP contribution in [0.3, 0.4) is 0 Å². The molecule has 0 amide bonds. The number of nitrogens with zero attached hydrogens (tertiary/aromatic N) is 1. The second-order valence-corrected chi connectivity index (χ2v) is 6.15. The first-order valence-electron chi connectivity index (χ1n) is 7.77. The van der Waals surface area contributed by atoms with Crippen molar-refractivity contribution in [2.75, 3.05) is 19.6 Å². The molecule has 3 unspecified atom stereocenters. The van der Waals surface area contributed by atoms with E-state index in [2.05, 4.69) is 24.1 Å². The van der Waals surface area contributed by atoms with E-state index < -0.39 is 0 Å². The smallest absolute Gasteiger partial charge is 0.0235 e. The minimum absolute atomic E-state index is 0.827. The third-order valence-corrected chi connectivity index (χ3v) is 4.68. The molecule has 1 saturated carbocycles. The standard InChI is InChI=1S/C15H30N2/c1-3-11-17(15-9-10-16-12-15)14-6-4-5-13(2)7-8-14/h13-16H,3-12H2,1-2H3. The van der Waals surface area contributed by atoms with Gasteiger partial charge in [-0.25, -0.2) is 0 Å². The van der Waals surface area contributed by atoms with Gasteiger partial charge in [0, 0.05) is 18.6 Å². The molecular formula is C15H30N2. The van der Waals surface area contributed by atoms with Crippen LogP contribution in [0.2, 0.25) is 0 Å². The van der Waals surface area contributed by atoms with Crippen LogP contribution in [0.4, 0.5) is 0 Å². The average molecular weight is 238 g/mol. The minimum Gasteiger partial charge on any atom is -0.315 e. The fourth-order valence-corrected chi connectivity index (χ4v) is 3.64. The molecule has 1 saturated heterocycles. The molecule has 17 heavy (non-hydrogen) atoms. The Morgan fingerprint density at radius 3 is 2.65 bits per heavy atom. The lowest BCUT2D eigenvalue weighted by Gasteiger charge is -2.35. The summed E-state index contributed by atoms with van der Waals surface area (Å²) in [7, 11) is 0. The Hall–Kier alpha value is -0.0800. The molecule has 1 N–H and O–H groups in total. The number of hydrogen-bond acceptors (Lipinski definition) is 2. The molecule has 100 valence electrons. The average Bonchev–Trinajstić information content (AvgIpc) is 2.76. The number of nitrogens with one attached hydrogen (secondary N) is 1. The van der Waals surface area contributed by atoms with Crippen LogP contribution >= 0.6 is 0 Å². The molecule has 2 aliphatic rings. The van der Waals surface area contributed by atoms with Crippen LogP contribution in [0.1, 0.15) is 58.8 Å². The number of hydrogen-bond donors (Lipinski definition) is 1. The van der Waals surface area contributed by atoms with Crippen molar-refractivity contribution < 1.29 is 0 Å². The molecule has 1 aliphatic carbocycles. The van der Waals surface area contributed by atoms with Crippen LogP contribution in [-0.2, 0) is 0 Å². The fourth-order valence-electron chi connectivity index (χ4n) is 3.64. The van der Waals surface area contributed by atoms with Gasteiger partial charge in [0.2, 0.25) is 0 Å². The van der Waals surface area contributed by atoms with Crippen molar-refractivity contribution in [3.63, 3.8) is 0 Å². The lowest BCUT2D eigenvalue weighted by atomic mass is 10.0. The minimum atomic E-state index is 0.827. The van der Waals surface area contributed by atoms with Crippen molar-refractivity contribution in [3.05, 3.63) is 0 Å². The summed E-state index contributed by atoms with van der Waals surface area (Å²) in [6.07, 6.45) is 9.92. The van der Waals surface area contributed by atoms with Crippen LogP contribution in [-0.4, -0.2) is 36.6 Å². The van der Waals surface area contributed by atoms with Crippen LogP contribution in [0.15, 0.2) is 0 Å². The quantitative estimate of drug-likeness (QED) is 0.757. The summed E-state index contributed by atoms with van der Waals surface area (Å²) >= 11 is 0. The van der Waals surface area contributed by atoms with Crippen LogP contribution in [0, 0.1) is 5.92 Å². The highest BCUT2D eigenvalue weighted by molar-refractivity contribution is 4.86. The summed E-state index contributed by atoms with van der Waals surface area (Å²) < 4.78 is 0. The van der Waals surface area contributed by atoms with E-state index in [1.165, 1.54) is 64.6 Å². The van der Waals surface area contributed by atoms with Gasteiger partial charge in [0.1, 0.15) is 0 Å². The third-order valence-electron chi connectivity index (χ3n) is 4.68. The van der Waals surface area contributed by atoms with Crippen molar-refractivity contribution in [2.45, 2.75) is 70.9 Å². The van der Waals surface area contributed by atoms with E-state index in [9.17, 15) is 0 Å². The Morgan fingerprint density at radius 2 is 1.94 bits per heavy atom. The van der Waals surface area contributed by atoms with Crippen LogP contribution in [0.5, 0.6) is 0 Å². The Bertz CT molecular complexity index is 211. The zero-order chi connectivity index (χ0) is 12.1. The van der Waals surface area contributed by atoms with Gasteiger partial charge in [-0.2, -0.15) is 0 Å². The van der Waals surface area contributed by atoms with Gasteiger partial charge >= 0.3 is 0 Å². The Kier molecular flexibility index (Phi) is 5.30. The molecule has 2 rings (SSSR count). The first-order chi connectivity index (χ1) is 8.31. The maximum absolute atomic E-state index is 3.53. The maximum atomic E-state index is 3.53. The van der Waals surface area contributed by atoms with Gasteiger partial charge in [-0.15, -0.1) is 0 Å². The molecule has 2 fully saturated rings. The molecule has 0 bridgehead atoms. The van der Waals surface area contributed by atoms with Gasteiger partial charge in [0.25, 0.3) is 0 Å². The van der Waals surface area contributed by atoms with Crippen molar-refractivity contribution >= 4 is 0 Å². The molecule has 0 aromatic heterocycles. The van der Waals surface area contributed by atoms with Crippen LogP contribution < -0.4 is 5.32 Å². The summed E-state index contributed by atoms with van der Waals surface area (Å²) in [6, 6.07) is 1.71. The van der Waals surface area contributed by atoms with E-state index in [-0.39, 0.29) is 0 Å². The topological polar surface area (TPSA) is 15.3 Å². The molecule has 0 aromatic carbocycles. The highest BCUT2D eigenvalue weighted by Crippen LogP contribution is 2.28. The van der Waals surface area contributed by atoms with Gasteiger partial charge in [0.15, 0.2) is 0 Å². The molecule has 0 spiro atoms. The summed E-state index contributed by atoms with van der Waals surface area (Å²) in [5.74, 6) is 0.963. The Labute approximate surface area is 107 Å². The van der Waals surface area contributed by atoms with E-state index >= 15 is 0 Å². The van der Waals surface area contributed by atoms with E-state index in [0.717, 1.165) is 18.0 Å². The maximum Gasteiger partial charge on any atom is 0.0235 e. The summed E-state index contributed by atoms with van der Waals surface area (Å²) in [5.41, 5.74) is 0. The number of rotatable bonds is 4. The highest BCUT2D eigenvalue weighted by atomic mass is 15.2. The lowest BCUT2D eigenvalue weighted by molar-refractivity contribution is 0.128. The molecule has 0 aromatic rings. The zero-order valence-electron chi connectivity index (χ0n) is 11.8. The fraction of sp³-hybridized carbons (Fsp3) is 1.00. The normalized spacial score (nSPS) is 35.1. The largest absolute Gasteiger partial charge is 0.315 e. The van der Waals surface area contributed by atoms with Crippen molar-refractivity contribution in [3.8, 4) is 0 Å². The molecular weight excluding hydrogens is 208 g/mol. The molecule has 3 atom stereocenters. The lowest BCUT2D eigenvalue weighted by Crippen LogP contribution is -2.44. The summed E-state index contributed by atoms with van der Waals surface area (Å²) in [4.78, 5) is 2.85. The molecule has 2 heteroatoms. The van der Waals surface area contributed by atoms with Crippen molar-refractivity contribution in [2.24, 2.45) is 5.92 Å². The van der Waals surface area contributed by atoms with E-state index in [4.69, 9.17) is 0 Å². The predicted octanol–water partition coefficient (Wildman–Crippen LogP) is 3.03. The molecule has 1 aliphatic heterocycles. The highest BCUT2D eigenvalue weighted by Gasteiger charge is 2.29. The first kappa shape index (κ1) is 13.4. The molecule has 1 heterocycles. The third kappa shape index (κ3) is 3.69. The Morgan fingerprint density at radius 1 is 1.06 bits per heavy atom. The Balaban J connectivity index is 1.93. The van der Waals surface area contributed by atoms with Gasteiger partial charge in [-0.05, 0) is 51.1 Å². The second kappa shape index (κ2) is 6.75. The van der Waals surface area contributed by atoms with Crippen LogP contribution in [0.25, 0.3) is 0 Å². The van der Waals surface area contributed by atoms with Gasteiger partial charge in [-0.3, -0.25) is 4.90 Å². The van der Waals surface area contributed by atoms with Crippen molar-refractivity contribution in [1.29, 1.82) is 0 Å². The second-order valence-electron chi connectivity index (χ2n) is 6.15. The van der Waals surface area contributed by atoms with Gasteiger partial charge < -0.3 is 5.32 Å². The predicted molar refractivity (Wildman–Crippen MR) is 74.3 cm³/mol. The summed E-state index contributed by atoms with van der Waals surface area (Å²) in [5, 5.41) is 3.53. The first-order valence-corrected chi connectivity index (χ1v) is 7.77. The van der Waals surface area contributed by atoms with E-state index in [0.29, 0.717) is 0 Å². The van der Waals surface area contributed by atoms with Crippen molar-refractivity contribution in [1.82, 2.24) is 10.2 Å².